The summed E-state index contributed by atoms with van der Waals surface area (Å²) in [6.45, 7) is 5.60. The maximum absolute atomic E-state index is 11.9. The van der Waals surface area contributed by atoms with E-state index in [-0.39, 0.29) is 11.7 Å². The van der Waals surface area contributed by atoms with Crippen LogP contribution in [0, 0.1) is 5.92 Å². The fraction of sp³-hybridized carbons (Fsp3) is 0.471. The number of rotatable bonds is 3. The molecule has 0 saturated carbocycles. The number of aromatic nitrogens is 1. The monoisotopic (exact) mass is 332 g/mol. The van der Waals surface area contributed by atoms with Gasteiger partial charge in [0.1, 0.15) is 0 Å². The number of nitrogens with one attached hydrogen (secondary N) is 1. The number of thiazole rings is 1. The molecular weight excluding hydrogens is 312 g/mol. The third-order valence-electron chi connectivity index (χ3n) is 4.49. The Morgan fingerprint density at radius 2 is 2.22 bits per heavy atom. The third kappa shape index (κ3) is 3.01. The highest BCUT2D eigenvalue weighted by Crippen LogP contribution is 2.36. The molecule has 1 fully saturated rings. The molecule has 2 aliphatic rings. The molecule has 1 saturated heterocycles. The average Bonchev–Trinajstić information content (AvgIpc) is 3.13. The zero-order chi connectivity index (χ0) is 15.8. The van der Waals surface area contributed by atoms with Gasteiger partial charge >= 0.3 is 4.87 Å². The molecule has 1 aromatic carbocycles. The van der Waals surface area contributed by atoms with Crippen molar-refractivity contribution in [3.63, 3.8) is 0 Å². The second-order valence-corrected chi connectivity index (χ2v) is 7.43. The summed E-state index contributed by atoms with van der Waals surface area (Å²) in [5.74, 6) is 2.23. The van der Waals surface area contributed by atoms with E-state index in [2.05, 4.69) is 16.8 Å². The molecule has 23 heavy (non-hydrogen) atoms. The second kappa shape index (κ2) is 6.02. The molecule has 0 amide bonds. The van der Waals surface area contributed by atoms with Crippen molar-refractivity contribution in [3.8, 4) is 22.8 Å². The highest BCUT2D eigenvalue weighted by molar-refractivity contribution is 7.09. The summed E-state index contributed by atoms with van der Waals surface area (Å²) in [5, 5.41) is 0. The number of benzene rings is 1. The number of hydrogen-bond donors (Lipinski definition) is 1. The summed E-state index contributed by atoms with van der Waals surface area (Å²) in [6.07, 6.45) is 2.54. The van der Waals surface area contributed by atoms with Crippen molar-refractivity contribution in [1.82, 2.24) is 9.88 Å². The summed E-state index contributed by atoms with van der Waals surface area (Å²) >= 11 is 1.31. The van der Waals surface area contributed by atoms with Gasteiger partial charge in [0, 0.05) is 23.5 Å². The van der Waals surface area contributed by atoms with Crippen LogP contribution in [0.3, 0.4) is 0 Å². The largest absolute Gasteiger partial charge is 0.454 e. The number of nitrogens with zero attached hydrogens (tertiary/aromatic N) is 1. The molecule has 2 aromatic rings. The van der Waals surface area contributed by atoms with E-state index in [1.54, 1.807) is 0 Å². The van der Waals surface area contributed by atoms with Crippen molar-refractivity contribution in [2.75, 3.05) is 19.9 Å². The molecule has 0 radical (unpaired) electrons. The molecular formula is C17H20N2O3S. The van der Waals surface area contributed by atoms with Gasteiger partial charge in [-0.15, -0.1) is 0 Å². The number of fused-ring (bicyclic) bond motifs is 1. The van der Waals surface area contributed by atoms with Gasteiger partial charge < -0.3 is 14.5 Å². The first kappa shape index (κ1) is 14.8. The van der Waals surface area contributed by atoms with Crippen molar-refractivity contribution in [2.24, 2.45) is 5.92 Å². The van der Waals surface area contributed by atoms with Gasteiger partial charge in [-0.25, -0.2) is 0 Å². The first-order valence-electron chi connectivity index (χ1n) is 8.03. The lowest BCUT2D eigenvalue weighted by atomic mass is 10.00. The van der Waals surface area contributed by atoms with Crippen LogP contribution >= 0.6 is 11.3 Å². The van der Waals surface area contributed by atoms with Crippen molar-refractivity contribution in [2.45, 2.75) is 26.3 Å². The van der Waals surface area contributed by atoms with Gasteiger partial charge in [0.15, 0.2) is 11.5 Å². The quantitative estimate of drug-likeness (QED) is 0.938. The van der Waals surface area contributed by atoms with Crippen LogP contribution in [0.4, 0.5) is 0 Å². The number of hydrogen-bond acceptors (Lipinski definition) is 5. The minimum absolute atomic E-state index is 0.00211. The Bertz CT molecular complexity index is 767. The molecule has 5 nitrogen and oxygen atoms in total. The minimum Gasteiger partial charge on any atom is -0.454 e. The third-order valence-corrected chi connectivity index (χ3v) is 5.36. The van der Waals surface area contributed by atoms with Crippen molar-refractivity contribution in [3.05, 3.63) is 32.7 Å². The van der Waals surface area contributed by atoms with Gasteiger partial charge in [-0.3, -0.25) is 9.69 Å². The van der Waals surface area contributed by atoms with Crippen LogP contribution in [0.15, 0.2) is 23.0 Å². The molecule has 4 rings (SSSR count). The van der Waals surface area contributed by atoms with Crippen LogP contribution in [0.5, 0.6) is 11.5 Å². The number of piperidine rings is 1. The molecule has 0 aliphatic carbocycles. The molecule has 6 heteroatoms. The van der Waals surface area contributed by atoms with Gasteiger partial charge in [0.05, 0.1) is 5.69 Å². The van der Waals surface area contributed by atoms with Crippen molar-refractivity contribution >= 4 is 11.3 Å². The number of H-pyrrole nitrogens is 1. The van der Waals surface area contributed by atoms with Crippen LogP contribution in [0.2, 0.25) is 0 Å². The Balaban J connectivity index is 1.63. The Labute approximate surface area is 138 Å². The lowest BCUT2D eigenvalue weighted by Crippen LogP contribution is -2.33. The molecule has 0 bridgehead atoms. The summed E-state index contributed by atoms with van der Waals surface area (Å²) in [6, 6.07) is 5.83. The number of aromatic amines is 1. The summed E-state index contributed by atoms with van der Waals surface area (Å²) in [5.41, 5.74) is 1.89. The van der Waals surface area contributed by atoms with Crippen molar-refractivity contribution in [1.29, 1.82) is 0 Å². The van der Waals surface area contributed by atoms with Gasteiger partial charge in [-0.05, 0) is 43.5 Å². The maximum Gasteiger partial charge on any atom is 0.305 e. The lowest BCUT2D eigenvalue weighted by Gasteiger charge is -2.30. The maximum atomic E-state index is 11.9. The highest BCUT2D eigenvalue weighted by atomic mass is 32.1. The smallest absolute Gasteiger partial charge is 0.305 e. The van der Waals surface area contributed by atoms with Gasteiger partial charge in [0.2, 0.25) is 6.79 Å². The second-order valence-electron chi connectivity index (χ2n) is 6.36. The fourth-order valence-electron chi connectivity index (χ4n) is 3.39. The van der Waals surface area contributed by atoms with Crippen LogP contribution < -0.4 is 14.3 Å². The van der Waals surface area contributed by atoms with E-state index in [9.17, 15) is 4.79 Å². The van der Waals surface area contributed by atoms with E-state index in [0.717, 1.165) is 53.2 Å². The van der Waals surface area contributed by atoms with Gasteiger partial charge in [0.25, 0.3) is 0 Å². The molecule has 1 N–H and O–H groups in total. The molecule has 1 atom stereocenters. The molecule has 1 aromatic heterocycles. The van der Waals surface area contributed by atoms with Crippen LogP contribution in [0.25, 0.3) is 11.3 Å². The molecule has 0 spiro atoms. The number of ether oxygens (including phenoxy) is 2. The zero-order valence-corrected chi connectivity index (χ0v) is 13.9. The first-order chi connectivity index (χ1) is 11.2. The Kier molecular flexibility index (Phi) is 3.87. The van der Waals surface area contributed by atoms with E-state index in [0.29, 0.717) is 0 Å². The molecule has 2 aliphatic heterocycles. The number of likely N-dealkylation sites (tertiary alicyclic amines) is 1. The molecule has 1 unspecified atom stereocenters. The summed E-state index contributed by atoms with van der Waals surface area (Å²) in [4.78, 5) is 18.5. The fourth-order valence-corrected chi connectivity index (χ4v) is 4.29. The topological polar surface area (TPSA) is 54.6 Å². The van der Waals surface area contributed by atoms with E-state index < -0.39 is 0 Å². The molecule has 3 heterocycles. The standard InChI is InChI=1S/C17H20N2O3S/c1-11-3-2-6-19(8-11)9-15-16(18-17(20)23-15)12-4-5-13-14(7-12)22-10-21-13/h4-5,7,11H,2-3,6,8-10H2,1H3,(H,18,20). The summed E-state index contributed by atoms with van der Waals surface area (Å²) in [7, 11) is 0. The average molecular weight is 332 g/mol. The minimum atomic E-state index is -0.00211. The Morgan fingerprint density at radius 3 is 3.09 bits per heavy atom. The molecule has 122 valence electrons. The Morgan fingerprint density at radius 1 is 1.35 bits per heavy atom. The summed E-state index contributed by atoms with van der Waals surface area (Å²) < 4.78 is 10.8. The zero-order valence-electron chi connectivity index (χ0n) is 13.1. The predicted molar refractivity (Wildman–Crippen MR) is 90.2 cm³/mol. The predicted octanol–water partition coefficient (Wildman–Crippen LogP) is 3.06. The van der Waals surface area contributed by atoms with E-state index in [1.807, 2.05) is 18.2 Å². The van der Waals surface area contributed by atoms with Crippen LogP contribution in [-0.4, -0.2) is 29.8 Å². The van der Waals surface area contributed by atoms with Gasteiger partial charge in [-0.2, -0.15) is 0 Å². The normalized spacial score (nSPS) is 20.8. The van der Waals surface area contributed by atoms with E-state index >= 15 is 0 Å². The van der Waals surface area contributed by atoms with Gasteiger partial charge in [-0.1, -0.05) is 18.3 Å². The van der Waals surface area contributed by atoms with Crippen LogP contribution in [-0.2, 0) is 6.54 Å². The van der Waals surface area contributed by atoms with E-state index in [4.69, 9.17) is 9.47 Å². The highest BCUT2D eigenvalue weighted by Gasteiger charge is 2.21. The SMILES string of the molecule is CC1CCCN(Cc2sc(=O)[nH]c2-c2ccc3c(c2)OCO3)C1. The first-order valence-corrected chi connectivity index (χ1v) is 8.85. The van der Waals surface area contributed by atoms with Crippen LogP contribution in [0.1, 0.15) is 24.6 Å². The Hall–Kier alpha value is -1.79. The van der Waals surface area contributed by atoms with E-state index in [1.165, 1.54) is 24.2 Å². The van der Waals surface area contributed by atoms with Crippen molar-refractivity contribution < 1.29 is 9.47 Å². The lowest BCUT2D eigenvalue weighted by molar-refractivity contribution is 0.174.